The van der Waals surface area contributed by atoms with E-state index in [0.29, 0.717) is 4.34 Å². The highest BCUT2D eigenvalue weighted by molar-refractivity contribution is 7.94. The van der Waals surface area contributed by atoms with Crippen LogP contribution in [-0.2, 0) is 10.0 Å². The number of anilines is 2. The smallest absolute Gasteiger partial charge is 0.271 e. The van der Waals surface area contributed by atoms with Crippen molar-refractivity contribution in [2.24, 2.45) is 0 Å². The summed E-state index contributed by atoms with van der Waals surface area (Å²) in [6.45, 7) is 1.80. The van der Waals surface area contributed by atoms with Crippen LogP contribution in [0.4, 0.5) is 15.8 Å². The molecule has 3 rings (SSSR count). The predicted molar refractivity (Wildman–Crippen MR) is 92.6 cm³/mol. The molecular formula is C15H16ClFN2O2S2. The molecule has 0 radical (unpaired) electrons. The Morgan fingerprint density at radius 1 is 1.13 bits per heavy atom. The maximum absolute atomic E-state index is 14.0. The lowest BCUT2D eigenvalue weighted by molar-refractivity contribution is 0.576. The van der Waals surface area contributed by atoms with Gasteiger partial charge in [-0.3, -0.25) is 4.72 Å². The number of piperidine rings is 1. The second kappa shape index (κ2) is 6.67. The van der Waals surface area contributed by atoms with Gasteiger partial charge in [-0.05, 0) is 49.6 Å². The Morgan fingerprint density at radius 3 is 2.52 bits per heavy atom. The Kier molecular flexibility index (Phi) is 4.79. The van der Waals surface area contributed by atoms with Gasteiger partial charge in [-0.2, -0.15) is 0 Å². The molecule has 0 bridgehead atoms. The molecule has 1 aromatic heterocycles. The summed E-state index contributed by atoms with van der Waals surface area (Å²) in [7, 11) is -3.84. The largest absolute Gasteiger partial charge is 0.371 e. The first-order valence-corrected chi connectivity index (χ1v) is 9.96. The van der Waals surface area contributed by atoms with Gasteiger partial charge in [-0.25, -0.2) is 12.8 Å². The third-order valence-corrected chi connectivity index (χ3v) is 6.82. The van der Waals surface area contributed by atoms with Crippen LogP contribution in [0, 0.1) is 5.82 Å². The van der Waals surface area contributed by atoms with Gasteiger partial charge in [0.25, 0.3) is 10.0 Å². The van der Waals surface area contributed by atoms with Crippen molar-refractivity contribution in [2.45, 2.75) is 23.5 Å². The quantitative estimate of drug-likeness (QED) is 0.866. The topological polar surface area (TPSA) is 49.4 Å². The van der Waals surface area contributed by atoms with Crippen molar-refractivity contribution < 1.29 is 12.8 Å². The first-order valence-electron chi connectivity index (χ1n) is 7.28. The molecule has 1 aliphatic heterocycles. The summed E-state index contributed by atoms with van der Waals surface area (Å²) in [6, 6.07) is 7.43. The van der Waals surface area contributed by atoms with Crippen LogP contribution in [0.2, 0.25) is 4.34 Å². The van der Waals surface area contributed by atoms with Crippen LogP contribution < -0.4 is 9.62 Å². The molecule has 1 N–H and O–H groups in total. The average Bonchev–Trinajstić information content (AvgIpc) is 2.98. The molecule has 0 atom stereocenters. The number of benzene rings is 1. The molecule has 1 aromatic carbocycles. The molecule has 0 saturated carbocycles. The minimum Gasteiger partial charge on any atom is -0.371 e. The van der Waals surface area contributed by atoms with Crippen molar-refractivity contribution in [2.75, 3.05) is 22.7 Å². The molecular weight excluding hydrogens is 359 g/mol. The predicted octanol–water partition coefficient (Wildman–Crippen LogP) is 4.33. The lowest BCUT2D eigenvalue weighted by atomic mass is 10.1. The van der Waals surface area contributed by atoms with Gasteiger partial charge in [-0.15, -0.1) is 11.3 Å². The fourth-order valence-corrected chi connectivity index (χ4v) is 5.12. The molecule has 0 unspecified atom stereocenters. The molecule has 0 spiro atoms. The van der Waals surface area contributed by atoms with E-state index in [4.69, 9.17) is 11.6 Å². The van der Waals surface area contributed by atoms with Gasteiger partial charge in [0, 0.05) is 18.8 Å². The van der Waals surface area contributed by atoms with E-state index in [2.05, 4.69) is 9.62 Å². The van der Waals surface area contributed by atoms with E-state index in [1.165, 1.54) is 24.6 Å². The molecule has 4 nitrogen and oxygen atoms in total. The first-order chi connectivity index (χ1) is 11.0. The summed E-state index contributed by atoms with van der Waals surface area (Å²) in [6.07, 6.45) is 3.37. The molecule has 2 aromatic rings. The van der Waals surface area contributed by atoms with Crippen molar-refractivity contribution in [3.63, 3.8) is 0 Å². The maximum Gasteiger partial charge on any atom is 0.271 e. The number of sulfonamides is 1. The lowest BCUT2D eigenvalue weighted by Crippen LogP contribution is -2.29. The van der Waals surface area contributed by atoms with E-state index >= 15 is 0 Å². The Balaban J connectivity index is 1.87. The number of nitrogens with one attached hydrogen (secondary N) is 1. The van der Waals surface area contributed by atoms with Crippen molar-refractivity contribution in [3.05, 3.63) is 40.5 Å². The molecule has 0 aliphatic carbocycles. The molecule has 8 heteroatoms. The molecule has 124 valence electrons. The monoisotopic (exact) mass is 374 g/mol. The Bertz CT molecular complexity index is 802. The highest BCUT2D eigenvalue weighted by Gasteiger charge is 2.20. The van der Waals surface area contributed by atoms with Crippen LogP contribution in [0.5, 0.6) is 0 Å². The second-order valence-corrected chi connectivity index (χ2v) is 9.00. The number of hydrogen-bond acceptors (Lipinski definition) is 4. The van der Waals surface area contributed by atoms with Crippen LogP contribution in [0.3, 0.4) is 0 Å². The zero-order valence-corrected chi connectivity index (χ0v) is 14.6. The van der Waals surface area contributed by atoms with Crippen molar-refractivity contribution in [1.29, 1.82) is 0 Å². The zero-order chi connectivity index (χ0) is 16.4. The van der Waals surface area contributed by atoms with E-state index in [1.54, 1.807) is 12.1 Å². The van der Waals surface area contributed by atoms with Gasteiger partial charge in [0.1, 0.15) is 10.0 Å². The van der Waals surface area contributed by atoms with Gasteiger partial charge in [0.2, 0.25) is 0 Å². The van der Waals surface area contributed by atoms with Crippen molar-refractivity contribution in [3.8, 4) is 0 Å². The molecule has 1 saturated heterocycles. The minimum atomic E-state index is -3.84. The van der Waals surface area contributed by atoms with E-state index in [1.807, 2.05) is 0 Å². The van der Waals surface area contributed by atoms with Gasteiger partial charge >= 0.3 is 0 Å². The minimum absolute atomic E-state index is 0.0439. The molecule has 1 fully saturated rings. The lowest BCUT2D eigenvalue weighted by Gasteiger charge is -2.29. The number of nitrogens with zero attached hydrogens (tertiary/aromatic N) is 1. The highest BCUT2D eigenvalue weighted by atomic mass is 35.5. The van der Waals surface area contributed by atoms with Crippen molar-refractivity contribution in [1.82, 2.24) is 0 Å². The van der Waals surface area contributed by atoms with Gasteiger partial charge in [0.05, 0.1) is 10.0 Å². The number of rotatable bonds is 4. The Labute approximate surface area is 143 Å². The zero-order valence-electron chi connectivity index (χ0n) is 12.3. The summed E-state index contributed by atoms with van der Waals surface area (Å²) < 4.78 is 41.4. The molecule has 0 amide bonds. The molecule has 23 heavy (non-hydrogen) atoms. The fraction of sp³-hybridized carbons (Fsp3) is 0.333. The summed E-state index contributed by atoms with van der Waals surface area (Å²) >= 11 is 6.71. The number of halogens is 2. The fourth-order valence-electron chi connectivity index (χ4n) is 2.58. The van der Waals surface area contributed by atoms with Crippen LogP contribution >= 0.6 is 22.9 Å². The Morgan fingerprint density at radius 2 is 1.87 bits per heavy atom. The molecule has 2 heterocycles. The van der Waals surface area contributed by atoms with Crippen LogP contribution in [0.15, 0.2) is 34.5 Å². The van der Waals surface area contributed by atoms with Crippen molar-refractivity contribution >= 4 is 44.3 Å². The molecule has 1 aliphatic rings. The highest BCUT2D eigenvalue weighted by Crippen LogP contribution is 2.30. The number of thiophene rings is 1. The maximum atomic E-state index is 14.0. The summed E-state index contributed by atoms with van der Waals surface area (Å²) in [4.78, 5) is 2.14. The third-order valence-electron chi connectivity index (χ3n) is 3.73. The Hall–Kier alpha value is -1.31. The van der Waals surface area contributed by atoms with E-state index in [0.717, 1.165) is 43.0 Å². The SMILES string of the molecule is O=S(=O)(Nc1cc(N2CCCCC2)ccc1F)c1ccc(Cl)s1. The number of hydrogen-bond donors (Lipinski definition) is 1. The standard InChI is InChI=1S/C15H16ClFN2O2S2/c16-14-6-7-15(22-14)23(20,21)18-13-10-11(4-5-12(13)17)19-8-2-1-3-9-19/h4-7,10,18H,1-3,8-9H2. The van der Waals surface area contributed by atoms with Gasteiger partial charge < -0.3 is 4.90 Å². The summed E-state index contributed by atoms with van der Waals surface area (Å²) in [5.41, 5.74) is 0.783. The third kappa shape index (κ3) is 3.79. The first kappa shape index (κ1) is 16.5. The normalized spacial score (nSPS) is 15.7. The van der Waals surface area contributed by atoms with Crippen LogP contribution in [-0.4, -0.2) is 21.5 Å². The van der Waals surface area contributed by atoms with Gasteiger partial charge in [-0.1, -0.05) is 11.6 Å². The summed E-state index contributed by atoms with van der Waals surface area (Å²) in [5.74, 6) is -0.600. The summed E-state index contributed by atoms with van der Waals surface area (Å²) in [5, 5.41) is 0. The van der Waals surface area contributed by atoms with E-state index in [9.17, 15) is 12.8 Å². The van der Waals surface area contributed by atoms with Crippen LogP contribution in [0.1, 0.15) is 19.3 Å². The van der Waals surface area contributed by atoms with E-state index < -0.39 is 15.8 Å². The van der Waals surface area contributed by atoms with Gasteiger partial charge in [0.15, 0.2) is 0 Å². The van der Waals surface area contributed by atoms with E-state index in [-0.39, 0.29) is 9.90 Å². The second-order valence-electron chi connectivity index (χ2n) is 5.38. The van der Waals surface area contributed by atoms with Crippen LogP contribution in [0.25, 0.3) is 0 Å². The average molecular weight is 375 g/mol.